The van der Waals surface area contributed by atoms with Crippen molar-refractivity contribution in [1.29, 1.82) is 0 Å². The number of carbonyl (C=O) groups excluding carboxylic acids is 1. The SMILES string of the molecule is C=CC[C@]12C=C(OC)C(=O)[C@H]([C@H](c3ccc4c(c3)OCO4)[C@H]1C)[C@@H]2O. The van der Waals surface area contributed by atoms with Gasteiger partial charge >= 0.3 is 0 Å². The molecule has 5 nitrogen and oxygen atoms in total. The van der Waals surface area contributed by atoms with Crippen molar-refractivity contribution < 1.29 is 24.1 Å². The third kappa shape index (κ3) is 2.08. The molecule has 2 aliphatic carbocycles. The Bertz CT molecular complexity index is 767. The second-order valence-corrected chi connectivity index (χ2v) is 7.08. The minimum atomic E-state index is -0.762. The summed E-state index contributed by atoms with van der Waals surface area (Å²) in [5.74, 6) is 0.985. The van der Waals surface area contributed by atoms with Gasteiger partial charge in [0.1, 0.15) is 0 Å². The lowest BCUT2D eigenvalue weighted by molar-refractivity contribution is -0.128. The minimum absolute atomic E-state index is 0.0440. The summed E-state index contributed by atoms with van der Waals surface area (Å²) in [5.41, 5.74) is 0.429. The molecule has 5 atom stereocenters. The predicted molar refractivity (Wildman–Crippen MR) is 91.3 cm³/mol. The van der Waals surface area contributed by atoms with Crippen molar-refractivity contribution >= 4 is 5.78 Å². The molecule has 0 amide bonds. The molecule has 1 saturated carbocycles. The molecule has 1 N–H and O–H groups in total. The van der Waals surface area contributed by atoms with Crippen LogP contribution in [-0.4, -0.2) is 30.9 Å². The van der Waals surface area contributed by atoms with E-state index in [-0.39, 0.29) is 24.4 Å². The number of ketones is 1. The van der Waals surface area contributed by atoms with E-state index in [2.05, 4.69) is 13.5 Å². The van der Waals surface area contributed by atoms with Gasteiger partial charge in [0.15, 0.2) is 17.3 Å². The normalized spacial score (nSPS) is 35.5. The highest BCUT2D eigenvalue weighted by Gasteiger charge is 2.62. The van der Waals surface area contributed by atoms with Crippen LogP contribution in [0, 0.1) is 17.3 Å². The maximum atomic E-state index is 12.9. The summed E-state index contributed by atoms with van der Waals surface area (Å²) in [6, 6.07) is 5.76. The molecule has 1 fully saturated rings. The van der Waals surface area contributed by atoms with Crippen LogP contribution in [0.5, 0.6) is 11.5 Å². The van der Waals surface area contributed by atoms with E-state index in [0.717, 1.165) is 5.56 Å². The van der Waals surface area contributed by atoms with Crippen LogP contribution in [0.25, 0.3) is 0 Å². The highest BCUT2D eigenvalue weighted by molar-refractivity contribution is 5.98. The summed E-state index contributed by atoms with van der Waals surface area (Å²) in [6.07, 6.45) is 3.45. The molecule has 1 aliphatic heterocycles. The molecule has 0 aromatic heterocycles. The number of Topliss-reactive ketones (excluding diaryl/α,β-unsaturated/α-hetero) is 1. The molecule has 0 unspecified atom stereocenters. The maximum absolute atomic E-state index is 12.9. The van der Waals surface area contributed by atoms with E-state index in [1.54, 1.807) is 6.08 Å². The first-order valence-electron chi connectivity index (χ1n) is 8.53. The summed E-state index contributed by atoms with van der Waals surface area (Å²) in [6.45, 7) is 6.14. The van der Waals surface area contributed by atoms with Crippen LogP contribution in [0.2, 0.25) is 0 Å². The summed E-state index contributed by atoms with van der Waals surface area (Å²) < 4.78 is 16.2. The standard InChI is InChI=1S/C20H22O5/c1-4-7-20-9-15(23-3)18(21)17(19(20)22)16(11(20)2)12-5-6-13-14(8-12)25-10-24-13/h4-6,8-9,11,16-17,19,22H,1,7,10H2,2-3H3/t11-,16+,17+,19+,20+/m1/s1. The molecule has 5 heteroatoms. The molecule has 0 radical (unpaired) electrons. The molecular weight excluding hydrogens is 320 g/mol. The average molecular weight is 342 g/mol. The van der Waals surface area contributed by atoms with E-state index in [1.165, 1.54) is 7.11 Å². The van der Waals surface area contributed by atoms with Gasteiger partial charge < -0.3 is 19.3 Å². The van der Waals surface area contributed by atoms with Crippen molar-refractivity contribution in [1.82, 2.24) is 0 Å². The average Bonchev–Trinajstić information content (AvgIpc) is 3.13. The molecule has 25 heavy (non-hydrogen) atoms. The fourth-order valence-electron chi connectivity index (χ4n) is 4.84. The Morgan fingerprint density at radius 2 is 2.12 bits per heavy atom. The molecule has 3 aliphatic rings. The van der Waals surface area contributed by atoms with Gasteiger partial charge in [-0.2, -0.15) is 0 Å². The van der Waals surface area contributed by atoms with Gasteiger partial charge in [0.05, 0.1) is 19.1 Å². The van der Waals surface area contributed by atoms with Crippen molar-refractivity contribution in [2.45, 2.75) is 25.4 Å². The summed E-state index contributed by atoms with van der Waals surface area (Å²) in [5, 5.41) is 11.0. The Morgan fingerprint density at radius 1 is 1.36 bits per heavy atom. The number of allylic oxidation sites excluding steroid dienone is 2. The number of hydrogen-bond acceptors (Lipinski definition) is 5. The van der Waals surface area contributed by atoms with Crippen LogP contribution in [0.1, 0.15) is 24.8 Å². The van der Waals surface area contributed by atoms with Gasteiger partial charge in [0, 0.05) is 11.3 Å². The van der Waals surface area contributed by atoms with E-state index in [4.69, 9.17) is 14.2 Å². The molecular formula is C20H22O5. The first-order valence-corrected chi connectivity index (χ1v) is 8.53. The largest absolute Gasteiger partial charge is 0.493 e. The van der Waals surface area contributed by atoms with Crippen molar-refractivity contribution in [3.8, 4) is 11.5 Å². The van der Waals surface area contributed by atoms with Gasteiger partial charge in [0.25, 0.3) is 0 Å². The number of carbonyl (C=O) groups is 1. The van der Waals surface area contributed by atoms with Crippen LogP contribution in [0.15, 0.2) is 42.7 Å². The number of methoxy groups -OCH3 is 1. The van der Waals surface area contributed by atoms with Crippen molar-refractivity contribution in [3.63, 3.8) is 0 Å². The van der Waals surface area contributed by atoms with Crippen molar-refractivity contribution in [3.05, 3.63) is 48.3 Å². The Balaban J connectivity index is 1.83. The lowest BCUT2D eigenvalue weighted by Crippen LogP contribution is -2.42. The zero-order valence-corrected chi connectivity index (χ0v) is 14.4. The quantitative estimate of drug-likeness (QED) is 0.853. The van der Waals surface area contributed by atoms with Crippen LogP contribution in [0.3, 0.4) is 0 Å². The number of benzene rings is 1. The first kappa shape index (κ1) is 16.2. The molecule has 4 rings (SSSR count). The lowest BCUT2D eigenvalue weighted by Gasteiger charge is -2.36. The van der Waals surface area contributed by atoms with Crippen LogP contribution >= 0.6 is 0 Å². The van der Waals surface area contributed by atoms with Gasteiger partial charge in [0.2, 0.25) is 12.6 Å². The van der Waals surface area contributed by atoms with Gasteiger partial charge in [-0.25, -0.2) is 0 Å². The van der Waals surface area contributed by atoms with Gasteiger partial charge in [-0.15, -0.1) is 6.58 Å². The van der Waals surface area contributed by atoms with Gasteiger partial charge in [-0.1, -0.05) is 19.1 Å². The van der Waals surface area contributed by atoms with E-state index in [9.17, 15) is 9.90 Å². The predicted octanol–water partition coefficient (Wildman–Crippen LogP) is 2.80. The molecule has 1 aromatic rings. The van der Waals surface area contributed by atoms with Crippen LogP contribution in [0.4, 0.5) is 0 Å². The molecule has 2 bridgehead atoms. The Hall–Kier alpha value is -2.27. The van der Waals surface area contributed by atoms with E-state index < -0.39 is 17.4 Å². The second-order valence-electron chi connectivity index (χ2n) is 7.08. The van der Waals surface area contributed by atoms with Crippen molar-refractivity contribution in [2.75, 3.05) is 13.9 Å². The molecule has 132 valence electrons. The zero-order valence-electron chi connectivity index (χ0n) is 14.4. The monoisotopic (exact) mass is 342 g/mol. The van der Waals surface area contributed by atoms with Crippen LogP contribution in [-0.2, 0) is 9.53 Å². The summed E-state index contributed by atoms with van der Waals surface area (Å²) >= 11 is 0. The van der Waals surface area contributed by atoms with Crippen LogP contribution < -0.4 is 9.47 Å². The highest BCUT2D eigenvalue weighted by atomic mass is 16.7. The maximum Gasteiger partial charge on any atom is 0.231 e. The number of aliphatic hydroxyl groups is 1. The van der Waals surface area contributed by atoms with E-state index in [0.29, 0.717) is 23.7 Å². The van der Waals surface area contributed by atoms with Crippen molar-refractivity contribution in [2.24, 2.45) is 17.3 Å². The number of ether oxygens (including phenoxy) is 3. The third-order valence-electron chi connectivity index (χ3n) is 6.11. The summed E-state index contributed by atoms with van der Waals surface area (Å²) in [4.78, 5) is 12.9. The van der Waals surface area contributed by atoms with Gasteiger partial charge in [-0.3, -0.25) is 4.79 Å². The Morgan fingerprint density at radius 3 is 2.84 bits per heavy atom. The van der Waals surface area contributed by atoms with E-state index >= 15 is 0 Å². The fourth-order valence-corrected chi connectivity index (χ4v) is 4.84. The first-order chi connectivity index (χ1) is 12.0. The number of fused-ring (bicyclic) bond motifs is 3. The molecule has 1 heterocycles. The zero-order chi connectivity index (χ0) is 17.8. The number of aliphatic hydroxyl groups excluding tert-OH is 1. The molecule has 1 aromatic carbocycles. The number of hydrogen-bond donors (Lipinski definition) is 1. The third-order valence-corrected chi connectivity index (χ3v) is 6.11. The Kier molecular flexibility index (Phi) is 3.65. The topological polar surface area (TPSA) is 65.0 Å². The Labute approximate surface area is 146 Å². The number of rotatable bonds is 4. The molecule has 0 saturated heterocycles. The smallest absolute Gasteiger partial charge is 0.231 e. The second kappa shape index (κ2) is 5.63. The lowest BCUT2D eigenvalue weighted by atomic mass is 9.70. The van der Waals surface area contributed by atoms with E-state index in [1.807, 2.05) is 24.3 Å². The highest BCUT2D eigenvalue weighted by Crippen LogP contribution is 2.61. The minimum Gasteiger partial charge on any atom is -0.493 e. The summed E-state index contributed by atoms with van der Waals surface area (Å²) in [7, 11) is 1.50. The van der Waals surface area contributed by atoms with Gasteiger partial charge in [-0.05, 0) is 36.1 Å². The fraction of sp³-hybridized carbons (Fsp3) is 0.450. The molecule has 0 spiro atoms.